The Morgan fingerprint density at radius 1 is 1.16 bits per heavy atom. The van der Waals surface area contributed by atoms with Gasteiger partial charge < -0.3 is 0 Å². The van der Waals surface area contributed by atoms with Gasteiger partial charge in [-0.1, -0.05) is 20.3 Å². The maximum Gasteiger partial charge on any atom is 0.0246 e. The fraction of sp³-hybridized carbons (Fsp3) is 1.00. The molecular formula is C16H32N2S. The molecule has 2 unspecified atom stereocenters. The number of fused-ring (bicyclic) bond motifs is 1. The highest BCUT2D eigenvalue weighted by molar-refractivity contribution is 7.98. The van der Waals surface area contributed by atoms with E-state index in [0.717, 1.165) is 18.0 Å². The van der Waals surface area contributed by atoms with Crippen LogP contribution in [0.5, 0.6) is 0 Å². The Morgan fingerprint density at radius 2 is 2.00 bits per heavy atom. The smallest absolute Gasteiger partial charge is 0.0246 e. The first kappa shape index (κ1) is 15.7. The summed E-state index contributed by atoms with van der Waals surface area (Å²) in [5, 5.41) is 0. The van der Waals surface area contributed by atoms with Crippen molar-refractivity contribution in [1.82, 2.24) is 9.80 Å². The molecule has 0 spiro atoms. The standard InChI is InChI=1S/C16H32N2S/c1-14(2)16-13-17-10-7-8-15(17)12-18(16)9-5-4-6-11-19-3/h14-16H,4-13H2,1-3H3. The van der Waals surface area contributed by atoms with Gasteiger partial charge in [-0.2, -0.15) is 11.8 Å². The van der Waals surface area contributed by atoms with Crippen LogP contribution in [0.15, 0.2) is 0 Å². The molecule has 3 heteroatoms. The lowest BCUT2D eigenvalue weighted by atomic mass is 9.97. The first-order chi connectivity index (χ1) is 9.22. The van der Waals surface area contributed by atoms with E-state index in [4.69, 9.17) is 0 Å². The Bertz CT molecular complexity index is 257. The molecule has 0 bridgehead atoms. The van der Waals surface area contributed by atoms with E-state index in [1.54, 1.807) is 0 Å². The van der Waals surface area contributed by atoms with E-state index in [2.05, 4.69) is 29.9 Å². The van der Waals surface area contributed by atoms with Crippen LogP contribution in [-0.4, -0.2) is 60.1 Å². The molecule has 2 aliphatic rings. The fourth-order valence-corrected chi connectivity index (χ4v) is 4.22. The van der Waals surface area contributed by atoms with E-state index in [1.165, 1.54) is 64.0 Å². The summed E-state index contributed by atoms with van der Waals surface area (Å²) < 4.78 is 0. The van der Waals surface area contributed by atoms with E-state index < -0.39 is 0 Å². The number of thioether (sulfide) groups is 1. The third-order valence-electron chi connectivity index (χ3n) is 4.90. The van der Waals surface area contributed by atoms with Gasteiger partial charge in [-0.05, 0) is 56.7 Å². The maximum absolute atomic E-state index is 2.82. The van der Waals surface area contributed by atoms with E-state index in [9.17, 15) is 0 Å². The van der Waals surface area contributed by atoms with Crippen molar-refractivity contribution in [1.29, 1.82) is 0 Å². The number of nitrogens with zero attached hydrogens (tertiary/aromatic N) is 2. The molecule has 0 aliphatic carbocycles. The second kappa shape index (κ2) is 7.90. The fourth-order valence-electron chi connectivity index (χ4n) is 3.73. The molecule has 2 nitrogen and oxygen atoms in total. The van der Waals surface area contributed by atoms with Crippen molar-refractivity contribution in [2.75, 3.05) is 38.2 Å². The molecule has 0 aromatic heterocycles. The Hall–Kier alpha value is 0.270. The molecule has 0 aromatic carbocycles. The van der Waals surface area contributed by atoms with Gasteiger partial charge in [0.2, 0.25) is 0 Å². The van der Waals surface area contributed by atoms with Gasteiger partial charge in [-0.25, -0.2) is 0 Å². The first-order valence-electron chi connectivity index (χ1n) is 8.19. The Kier molecular flexibility index (Phi) is 6.51. The van der Waals surface area contributed by atoms with Crippen molar-refractivity contribution < 1.29 is 0 Å². The summed E-state index contributed by atoms with van der Waals surface area (Å²) in [5.74, 6) is 2.14. The maximum atomic E-state index is 2.82. The third-order valence-corrected chi connectivity index (χ3v) is 5.60. The molecule has 2 atom stereocenters. The normalized spacial score (nSPS) is 29.1. The number of hydrogen-bond donors (Lipinski definition) is 0. The summed E-state index contributed by atoms with van der Waals surface area (Å²) in [5.41, 5.74) is 0. The van der Waals surface area contributed by atoms with Crippen LogP contribution in [0.25, 0.3) is 0 Å². The van der Waals surface area contributed by atoms with Gasteiger partial charge in [0.1, 0.15) is 0 Å². The Morgan fingerprint density at radius 3 is 2.74 bits per heavy atom. The Balaban J connectivity index is 1.78. The lowest BCUT2D eigenvalue weighted by molar-refractivity contribution is 0.0284. The summed E-state index contributed by atoms with van der Waals surface area (Å²) in [6.07, 6.45) is 9.29. The summed E-state index contributed by atoms with van der Waals surface area (Å²) in [6.45, 7) is 10.2. The lowest BCUT2D eigenvalue weighted by Gasteiger charge is -2.45. The summed E-state index contributed by atoms with van der Waals surface area (Å²) in [6, 6.07) is 1.68. The zero-order valence-corrected chi connectivity index (χ0v) is 13.9. The number of hydrogen-bond acceptors (Lipinski definition) is 3. The molecule has 0 saturated carbocycles. The van der Waals surface area contributed by atoms with Crippen LogP contribution in [0.4, 0.5) is 0 Å². The predicted octanol–water partition coefficient (Wildman–Crippen LogP) is 3.32. The molecule has 2 heterocycles. The van der Waals surface area contributed by atoms with Crippen LogP contribution < -0.4 is 0 Å². The number of rotatable bonds is 7. The summed E-state index contributed by atoms with van der Waals surface area (Å²) >= 11 is 1.99. The van der Waals surface area contributed by atoms with Crippen LogP contribution >= 0.6 is 11.8 Å². The zero-order valence-electron chi connectivity index (χ0n) is 13.1. The van der Waals surface area contributed by atoms with Crippen molar-refractivity contribution >= 4 is 11.8 Å². The van der Waals surface area contributed by atoms with Crippen molar-refractivity contribution in [2.24, 2.45) is 5.92 Å². The van der Waals surface area contributed by atoms with Gasteiger partial charge >= 0.3 is 0 Å². The van der Waals surface area contributed by atoms with Crippen molar-refractivity contribution in [2.45, 2.75) is 58.0 Å². The highest BCUT2D eigenvalue weighted by Crippen LogP contribution is 2.27. The van der Waals surface area contributed by atoms with E-state index in [0.29, 0.717) is 0 Å². The molecule has 2 saturated heterocycles. The predicted molar refractivity (Wildman–Crippen MR) is 87.0 cm³/mol. The van der Waals surface area contributed by atoms with Gasteiger partial charge in [-0.15, -0.1) is 0 Å². The first-order valence-corrected chi connectivity index (χ1v) is 9.58. The van der Waals surface area contributed by atoms with Crippen LogP contribution in [-0.2, 0) is 0 Å². The van der Waals surface area contributed by atoms with Gasteiger partial charge in [-0.3, -0.25) is 9.80 Å². The lowest BCUT2D eigenvalue weighted by Crippen LogP contribution is -2.57. The molecule has 112 valence electrons. The van der Waals surface area contributed by atoms with Crippen LogP contribution in [0, 0.1) is 5.92 Å². The second-order valence-corrected chi connectivity index (χ2v) is 7.64. The monoisotopic (exact) mass is 284 g/mol. The second-order valence-electron chi connectivity index (χ2n) is 6.65. The minimum atomic E-state index is 0.799. The third kappa shape index (κ3) is 4.37. The van der Waals surface area contributed by atoms with Gasteiger partial charge in [0.05, 0.1) is 0 Å². The molecule has 0 N–H and O–H groups in total. The SMILES string of the molecule is CSCCCCCN1CC2CCCN2CC1C(C)C. The number of unbranched alkanes of at least 4 members (excludes halogenated alkanes) is 2. The zero-order chi connectivity index (χ0) is 13.7. The average molecular weight is 285 g/mol. The van der Waals surface area contributed by atoms with Crippen molar-refractivity contribution in [3.63, 3.8) is 0 Å². The van der Waals surface area contributed by atoms with Crippen molar-refractivity contribution in [3.05, 3.63) is 0 Å². The largest absolute Gasteiger partial charge is 0.298 e. The topological polar surface area (TPSA) is 6.48 Å². The molecule has 0 amide bonds. The van der Waals surface area contributed by atoms with E-state index in [-0.39, 0.29) is 0 Å². The van der Waals surface area contributed by atoms with Crippen molar-refractivity contribution in [3.8, 4) is 0 Å². The molecule has 2 rings (SSSR count). The summed E-state index contributed by atoms with van der Waals surface area (Å²) in [4.78, 5) is 5.57. The molecule has 2 aliphatic heterocycles. The van der Waals surface area contributed by atoms with E-state index >= 15 is 0 Å². The minimum absolute atomic E-state index is 0.799. The Labute approximate surface area is 124 Å². The van der Waals surface area contributed by atoms with Gasteiger partial charge in [0.25, 0.3) is 0 Å². The van der Waals surface area contributed by atoms with Crippen LogP contribution in [0.1, 0.15) is 46.0 Å². The van der Waals surface area contributed by atoms with Crippen LogP contribution in [0.3, 0.4) is 0 Å². The molecular weight excluding hydrogens is 252 g/mol. The summed E-state index contributed by atoms with van der Waals surface area (Å²) in [7, 11) is 0. The molecule has 2 fully saturated rings. The van der Waals surface area contributed by atoms with Gasteiger partial charge in [0.15, 0.2) is 0 Å². The van der Waals surface area contributed by atoms with Gasteiger partial charge in [0, 0.05) is 25.2 Å². The molecule has 0 aromatic rings. The molecule has 0 radical (unpaired) electrons. The quantitative estimate of drug-likeness (QED) is 0.662. The molecule has 19 heavy (non-hydrogen) atoms. The average Bonchev–Trinajstić information content (AvgIpc) is 2.84. The number of piperazine rings is 1. The highest BCUT2D eigenvalue weighted by atomic mass is 32.2. The van der Waals surface area contributed by atoms with E-state index in [1.807, 2.05) is 11.8 Å². The van der Waals surface area contributed by atoms with Crippen LogP contribution in [0.2, 0.25) is 0 Å². The minimum Gasteiger partial charge on any atom is -0.298 e. The highest BCUT2D eigenvalue weighted by Gasteiger charge is 2.36.